The number of piperidine rings is 1. The van der Waals surface area contributed by atoms with Gasteiger partial charge in [-0.05, 0) is 30.2 Å². The van der Waals surface area contributed by atoms with Gasteiger partial charge in [0.05, 0.1) is 6.04 Å². The molecule has 2 atom stereocenters. The Morgan fingerprint density at radius 1 is 1.22 bits per heavy atom. The zero-order valence-electron chi connectivity index (χ0n) is 17.8. The highest BCUT2D eigenvalue weighted by molar-refractivity contribution is 7.98. The summed E-state index contributed by atoms with van der Waals surface area (Å²) in [5, 5.41) is 8.34. The average Bonchev–Trinajstić information content (AvgIpc) is 3.32. The van der Waals surface area contributed by atoms with Gasteiger partial charge in [0.15, 0.2) is 5.16 Å². The van der Waals surface area contributed by atoms with E-state index in [1.807, 2.05) is 21.9 Å². The van der Waals surface area contributed by atoms with Gasteiger partial charge in [0.25, 0.3) is 5.56 Å². The van der Waals surface area contributed by atoms with Gasteiger partial charge in [0, 0.05) is 38.4 Å². The lowest BCUT2D eigenvalue weighted by Crippen LogP contribution is -2.48. The fraction of sp³-hybridized carbons (Fsp3) is 0.500. The molecule has 2 aromatic rings. The maximum Gasteiger partial charge on any atom is 0.411 e. The van der Waals surface area contributed by atoms with Gasteiger partial charge in [-0.1, -0.05) is 36.0 Å². The molecule has 0 bridgehead atoms. The highest BCUT2D eigenvalue weighted by atomic mass is 32.2. The van der Waals surface area contributed by atoms with Crippen molar-refractivity contribution in [1.29, 1.82) is 0 Å². The van der Waals surface area contributed by atoms with Gasteiger partial charge >= 0.3 is 6.09 Å². The Labute approximate surface area is 189 Å². The van der Waals surface area contributed by atoms with Gasteiger partial charge in [-0.2, -0.15) is 0 Å². The highest BCUT2D eigenvalue weighted by Gasteiger charge is 2.50. The minimum atomic E-state index is -0.296. The third-order valence-corrected chi connectivity index (χ3v) is 7.20. The predicted molar refractivity (Wildman–Crippen MR) is 117 cm³/mol. The van der Waals surface area contributed by atoms with E-state index >= 15 is 0 Å². The van der Waals surface area contributed by atoms with Crippen LogP contribution in [0.5, 0.6) is 0 Å². The van der Waals surface area contributed by atoms with Crippen LogP contribution in [0, 0.1) is 0 Å². The maximum atomic E-state index is 12.7. The number of nitrogens with one attached hydrogen (secondary N) is 1. The average molecular weight is 456 g/mol. The highest BCUT2D eigenvalue weighted by Crippen LogP contribution is 2.44. The predicted octanol–water partition coefficient (Wildman–Crippen LogP) is 1.93. The first kappa shape index (κ1) is 21.0. The van der Waals surface area contributed by atoms with Crippen molar-refractivity contribution in [3.63, 3.8) is 0 Å². The molecule has 0 saturated carbocycles. The third-order valence-electron chi connectivity index (χ3n) is 6.63. The van der Waals surface area contributed by atoms with Gasteiger partial charge in [-0.15, -0.1) is 10.2 Å². The topological polar surface area (TPSA) is 108 Å². The smallest absolute Gasteiger partial charge is 0.411 e. The quantitative estimate of drug-likeness (QED) is 0.686. The normalized spacial score (nSPS) is 22.6. The molecular weight excluding hydrogens is 430 g/mol. The number of ether oxygens (including phenoxy) is 1. The largest absolute Gasteiger partial charge is 0.443 e. The number of hydrogen-bond donors (Lipinski definition) is 1. The second kappa shape index (κ2) is 8.57. The van der Waals surface area contributed by atoms with Crippen molar-refractivity contribution in [2.45, 2.75) is 55.4 Å². The molecule has 168 valence electrons. The minimum absolute atomic E-state index is 0.00770. The summed E-state index contributed by atoms with van der Waals surface area (Å²) >= 11 is 1.31. The van der Waals surface area contributed by atoms with Crippen LogP contribution < -0.4 is 5.56 Å². The Kier molecular flexibility index (Phi) is 5.62. The maximum absolute atomic E-state index is 12.7. The number of benzene rings is 1. The molecule has 2 unspecified atom stereocenters. The molecule has 0 radical (unpaired) electrons. The van der Waals surface area contributed by atoms with E-state index in [9.17, 15) is 14.4 Å². The van der Waals surface area contributed by atoms with Crippen LogP contribution >= 0.6 is 11.8 Å². The van der Waals surface area contributed by atoms with Crippen molar-refractivity contribution in [3.8, 4) is 0 Å². The van der Waals surface area contributed by atoms with Crippen LogP contribution in [-0.2, 0) is 22.4 Å². The van der Waals surface area contributed by atoms with Crippen LogP contribution in [0.1, 0.15) is 42.1 Å². The van der Waals surface area contributed by atoms with Crippen molar-refractivity contribution in [1.82, 2.24) is 25.0 Å². The molecule has 32 heavy (non-hydrogen) atoms. The molecule has 5 rings (SSSR count). The van der Waals surface area contributed by atoms with E-state index in [2.05, 4.69) is 27.3 Å². The second-order valence-electron chi connectivity index (χ2n) is 8.40. The molecule has 9 nitrogen and oxygen atoms in total. The van der Waals surface area contributed by atoms with Crippen LogP contribution in [0.25, 0.3) is 0 Å². The molecule has 2 saturated heterocycles. The molecule has 1 aromatic carbocycles. The number of aromatic amines is 1. The lowest BCUT2D eigenvalue weighted by Gasteiger charge is -2.38. The van der Waals surface area contributed by atoms with Crippen molar-refractivity contribution in [3.05, 3.63) is 51.4 Å². The molecule has 3 aliphatic rings. The molecule has 1 aliphatic carbocycles. The Balaban J connectivity index is 1.19. The number of aryl methyl sites for hydroxylation is 1. The summed E-state index contributed by atoms with van der Waals surface area (Å²) in [7, 11) is 0. The fourth-order valence-corrected chi connectivity index (χ4v) is 5.35. The number of aromatic nitrogens is 3. The van der Waals surface area contributed by atoms with Crippen LogP contribution in [0.2, 0.25) is 0 Å². The molecule has 3 heterocycles. The van der Waals surface area contributed by atoms with Gasteiger partial charge in [-0.25, -0.2) is 4.79 Å². The number of carbonyl (C=O) groups is 2. The van der Waals surface area contributed by atoms with E-state index in [1.165, 1.54) is 22.9 Å². The number of carbonyl (C=O) groups excluding carboxylic acids is 2. The van der Waals surface area contributed by atoms with Crippen molar-refractivity contribution < 1.29 is 14.3 Å². The molecule has 1 aromatic heterocycles. The van der Waals surface area contributed by atoms with Crippen LogP contribution in [0.4, 0.5) is 4.79 Å². The fourth-order valence-electron chi connectivity index (χ4n) is 5.03. The number of H-pyrrole nitrogens is 1. The first-order valence-corrected chi connectivity index (χ1v) is 12.1. The second-order valence-corrected chi connectivity index (χ2v) is 9.19. The Morgan fingerprint density at radius 3 is 2.75 bits per heavy atom. The zero-order chi connectivity index (χ0) is 22.2. The zero-order valence-corrected chi connectivity index (χ0v) is 18.6. The van der Waals surface area contributed by atoms with Crippen LogP contribution in [-0.4, -0.2) is 68.5 Å². The molecule has 0 spiro atoms. The summed E-state index contributed by atoms with van der Waals surface area (Å²) in [6, 6.07) is 8.25. The lowest BCUT2D eigenvalue weighted by atomic mass is 9.99. The monoisotopic (exact) mass is 455 g/mol. The summed E-state index contributed by atoms with van der Waals surface area (Å²) in [5.41, 5.74) is 2.41. The molecule has 1 N–H and O–H groups in total. The number of rotatable bonds is 5. The molecule has 2 amide bonds. The summed E-state index contributed by atoms with van der Waals surface area (Å²) in [4.78, 5) is 43.7. The number of likely N-dealkylation sites (tertiary alicyclic amines) is 1. The first-order chi connectivity index (χ1) is 15.5. The van der Waals surface area contributed by atoms with E-state index in [0.717, 1.165) is 19.3 Å². The Bertz CT molecular complexity index is 1100. The lowest BCUT2D eigenvalue weighted by molar-refractivity contribution is -0.132. The molecule has 2 aliphatic heterocycles. The summed E-state index contributed by atoms with van der Waals surface area (Å²) in [6.45, 7) is 1.17. The van der Waals surface area contributed by atoms with Crippen LogP contribution in [0.15, 0.2) is 34.2 Å². The Morgan fingerprint density at radius 2 is 2.00 bits per heavy atom. The summed E-state index contributed by atoms with van der Waals surface area (Å²) < 4.78 is 5.68. The third kappa shape index (κ3) is 3.76. The number of hydrogen-bond acceptors (Lipinski definition) is 7. The van der Waals surface area contributed by atoms with E-state index in [-0.39, 0.29) is 54.3 Å². The molecular formula is C22H25N5O4S. The number of amides is 2. The summed E-state index contributed by atoms with van der Waals surface area (Å²) in [6.07, 6.45) is 4.12. The molecule has 10 heteroatoms. The standard InChI is InChI=1S/C22H25N5O4S/c1-32-21-23-20(29)16(24-25-21)6-7-18(28)26-10-8-14(9-11-26)27-19-15-5-3-2-4-13(15)12-17(19)31-22(27)30/h2-5,14,17,19H,6-12H2,1H3,(H,23,25,29). The van der Waals surface area contributed by atoms with Crippen molar-refractivity contribution >= 4 is 23.8 Å². The van der Waals surface area contributed by atoms with Gasteiger partial charge < -0.3 is 9.64 Å². The van der Waals surface area contributed by atoms with E-state index in [0.29, 0.717) is 18.2 Å². The molecule has 2 fully saturated rings. The van der Waals surface area contributed by atoms with Crippen molar-refractivity contribution in [2.75, 3.05) is 19.3 Å². The number of nitrogens with zero attached hydrogens (tertiary/aromatic N) is 4. The van der Waals surface area contributed by atoms with Gasteiger partial charge in [-0.3, -0.25) is 19.5 Å². The first-order valence-electron chi connectivity index (χ1n) is 10.9. The SMILES string of the molecule is CSc1nnc(CCC(=O)N2CCC(N3C(=O)OC4Cc5ccccc5C43)CC2)c(=O)[nH]1. The van der Waals surface area contributed by atoms with Crippen molar-refractivity contribution in [2.24, 2.45) is 0 Å². The Hall–Kier alpha value is -2.88. The van der Waals surface area contributed by atoms with Gasteiger partial charge in [0.1, 0.15) is 11.8 Å². The van der Waals surface area contributed by atoms with E-state index in [4.69, 9.17) is 4.74 Å². The van der Waals surface area contributed by atoms with E-state index < -0.39 is 0 Å². The summed E-state index contributed by atoms with van der Waals surface area (Å²) in [5.74, 6) is -0.00770. The number of thioether (sulfide) groups is 1. The minimum Gasteiger partial charge on any atom is -0.443 e. The van der Waals surface area contributed by atoms with Crippen LogP contribution in [0.3, 0.4) is 0 Å². The number of fused-ring (bicyclic) bond motifs is 3. The van der Waals surface area contributed by atoms with E-state index in [1.54, 1.807) is 6.26 Å². The van der Waals surface area contributed by atoms with Gasteiger partial charge in [0.2, 0.25) is 5.91 Å².